The van der Waals surface area contributed by atoms with E-state index in [2.05, 4.69) is 20.6 Å². The Morgan fingerprint density at radius 2 is 2.06 bits per heavy atom. The van der Waals surface area contributed by atoms with Gasteiger partial charge in [0.2, 0.25) is 0 Å². The monoisotopic (exact) mass is 232 g/mol. The third-order valence-electron chi connectivity index (χ3n) is 2.25. The molecule has 0 aliphatic carbocycles. The van der Waals surface area contributed by atoms with Crippen molar-refractivity contribution in [2.75, 3.05) is 17.7 Å². The Bertz CT molecular complexity index is 501. The van der Waals surface area contributed by atoms with Gasteiger partial charge in [0.1, 0.15) is 17.5 Å². The summed E-state index contributed by atoms with van der Waals surface area (Å²) in [5, 5.41) is 5.98. The van der Waals surface area contributed by atoms with Gasteiger partial charge in [0.15, 0.2) is 0 Å². The molecule has 1 aromatic carbocycles. The van der Waals surface area contributed by atoms with E-state index >= 15 is 0 Å². The van der Waals surface area contributed by atoms with E-state index in [4.69, 9.17) is 0 Å². The van der Waals surface area contributed by atoms with Crippen molar-refractivity contribution >= 4 is 11.6 Å². The molecule has 0 unspecified atom stereocenters. The highest BCUT2D eigenvalue weighted by Gasteiger charge is 1.98. The summed E-state index contributed by atoms with van der Waals surface area (Å²) >= 11 is 0. The van der Waals surface area contributed by atoms with Gasteiger partial charge in [0.05, 0.1) is 12.4 Å². The number of anilines is 2. The normalized spacial score (nSPS) is 10.0. The summed E-state index contributed by atoms with van der Waals surface area (Å²) in [5.74, 6) is 1.11. The van der Waals surface area contributed by atoms with Crippen molar-refractivity contribution in [1.82, 2.24) is 9.97 Å². The zero-order valence-corrected chi connectivity index (χ0v) is 9.44. The first-order valence-corrected chi connectivity index (χ1v) is 5.26. The van der Waals surface area contributed by atoms with Crippen LogP contribution in [0.1, 0.15) is 5.56 Å². The second-order valence-corrected chi connectivity index (χ2v) is 3.52. The summed E-state index contributed by atoms with van der Waals surface area (Å²) in [7, 11) is 1.78. The van der Waals surface area contributed by atoms with E-state index in [-0.39, 0.29) is 5.82 Å². The number of benzene rings is 1. The van der Waals surface area contributed by atoms with Crippen LogP contribution in [-0.2, 0) is 6.54 Å². The predicted molar refractivity (Wildman–Crippen MR) is 65.3 cm³/mol. The van der Waals surface area contributed by atoms with Crippen LogP contribution in [0.5, 0.6) is 0 Å². The third-order valence-corrected chi connectivity index (χ3v) is 2.25. The molecule has 2 aromatic rings. The van der Waals surface area contributed by atoms with Gasteiger partial charge in [-0.05, 0) is 17.7 Å². The molecule has 2 N–H and O–H groups in total. The quantitative estimate of drug-likeness (QED) is 0.849. The van der Waals surface area contributed by atoms with Gasteiger partial charge in [0, 0.05) is 13.6 Å². The maximum absolute atomic E-state index is 12.9. The minimum absolute atomic E-state index is 0.237. The first-order valence-electron chi connectivity index (χ1n) is 5.26. The van der Waals surface area contributed by atoms with E-state index in [1.54, 1.807) is 25.5 Å². The van der Waals surface area contributed by atoms with Crippen molar-refractivity contribution in [3.05, 3.63) is 48.0 Å². The number of halogens is 1. The molecule has 0 radical (unpaired) electrons. The molecule has 0 aliphatic heterocycles. The van der Waals surface area contributed by atoms with Crippen LogP contribution in [0.15, 0.2) is 36.7 Å². The van der Waals surface area contributed by atoms with Crippen molar-refractivity contribution in [3.8, 4) is 0 Å². The van der Waals surface area contributed by atoms with Gasteiger partial charge >= 0.3 is 0 Å². The Hall–Kier alpha value is -2.17. The van der Waals surface area contributed by atoms with Crippen molar-refractivity contribution in [2.24, 2.45) is 0 Å². The van der Waals surface area contributed by atoms with Crippen molar-refractivity contribution in [3.63, 3.8) is 0 Å². The van der Waals surface area contributed by atoms with Gasteiger partial charge in [-0.25, -0.2) is 9.37 Å². The molecule has 5 heteroatoms. The Kier molecular flexibility index (Phi) is 3.49. The van der Waals surface area contributed by atoms with Crippen LogP contribution in [0.4, 0.5) is 16.0 Å². The van der Waals surface area contributed by atoms with Crippen LogP contribution in [0.3, 0.4) is 0 Å². The smallest absolute Gasteiger partial charge is 0.147 e. The van der Waals surface area contributed by atoms with E-state index in [1.165, 1.54) is 12.1 Å². The molecular formula is C12H13FN4. The minimum atomic E-state index is -0.237. The van der Waals surface area contributed by atoms with Gasteiger partial charge in [-0.1, -0.05) is 12.1 Å². The average molecular weight is 232 g/mol. The SMILES string of the molecule is CNc1cncc(NCc2cccc(F)c2)n1. The van der Waals surface area contributed by atoms with Gasteiger partial charge in [-0.3, -0.25) is 4.98 Å². The highest BCUT2D eigenvalue weighted by molar-refractivity contribution is 5.41. The molecule has 0 saturated carbocycles. The first-order chi connectivity index (χ1) is 8.28. The van der Waals surface area contributed by atoms with Gasteiger partial charge < -0.3 is 10.6 Å². The standard InChI is InChI=1S/C12H13FN4/c1-14-11-7-15-8-12(17-11)16-6-9-3-2-4-10(13)5-9/h2-5,7-8H,6H2,1H3,(H2,14,16,17). The highest BCUT2D eigenvalue weighted by atomic mass is 19.1. The molecule has 0 aliphatic rings. The number of nitrogens with one attached hydrogen (secondary N) is 2. The second kappa shape index (κ2) is 5.25. The maximum atomic E-state index is 12.9. The summed E-state index contributed by atoms with van der Waals surface area (Å²) in [6.07, 6.45) is 3.26. The fraction of sp³-hybridized carbons (Fsp3) is 0.167. The Morgan fingerprint density at radius 3 is 2.82 bits per heavy atom. The molecule has 0 saturated heterocycles. The summed E-state index contributed by atoms with van der Waals surface area (Å²) in [5.41, 5.74) is 0.863. The Labute approximate surface area is 98.9 Å². The van der Waals surface area contributed by atoms with Crippen molar-refractivity contribution in [2.45, 2.75) is 6.54 Å². The number of hydrogen-bond donors (Lipinski definition) is 2. The zero-order valence-electron chi connectivity index (χ0n) is 9.44. The minimum Gasteiger partial charge on any atom is -0.372 e. The van der Waals surface area contributed by atoms with Gasteiger partial charge in [0.25, 0.3) is 0 Å². The lowest BCUT2D eigenvalue weighted by Crippen LogP contribution is -2.03. The molecule has 1 aromatic heterocycles. The second-order valence-electron chi connectivity index (χ2n) is 3.52. The maximum Gasteiger partial charge on any atom is 0.147 e. The van der Waals surface area contributed by atoms with Gasteiger partial charge in [-0.2, -0.15) is 0 Å². The lowest BCUT2D eigenvalue weighted by atomic mass is 10.2. The molecule has 0 amide bonds. The number of rotatable bonds is 4. The molecule has 0 bridgehead atoms. The highest BCUT2D eigenvalue weighted by Crippen LogP contribution is 2.09. The Morgan fingerprint density at radius 1 is 1.24 bits per heavy atom. The van der Waals surface area contributed by atoms with Crippen LogP contribution >= 0.6 is 0 Å². The summed E-state index contributed by atoms with van der Waals surface area (Å²) in [6, 6.07) is 6.45. The van der Waals surface area contributed by atoms with Crippen LogP contribution < -0.4 is 10.6 Å². The Balaban J connectivity index is 2.02. The van der Waals surface area contributed by atoms with Crippen LogP contribution in [0.25, 0.3) is 0 Å². The molecule has 0 atom stereocenters. The molecule has 0 spiro atoms. The number of hydrogen-bond acceptors (Lipinski definition) is 4. The van der Waals surface area contributed by atoms with Gasteiger partial charge in [-0.15, -0.1) is 0 Å². The summed E-state index contributed by atoms with van der Waals surface area (Å²) < 4.78 is 12.9. The van der Waals surface area contributed by atoms with E-state index in [1.807, 2.05) is 6.07 Å². The molecule has 2 rings (SSSR count). The zero-order chi connectivity index (χ0) is 12.1. The fourth-order valence-electron chi connectivity index (χ4n) is 1.41. The van der Waals surface area contributed by atoms with E-state index in [9.17, 15) is 4.39 Å². The van der Waals surface area contributed by atoms with Crippen molar-refractivity contribution < 1.29 is 4.39 Å². The molecular weight excluding hydrogens is 219 g/mol. The molecule has 88 valence electrons. The number of aromatic nitrogens is 2. The van der Waals surface area contributed by atoms with Crippen LogP contribution in [-0.4, -0.2) is 17.0 Å². The predicted octanol–water partition coefficient (Wildman–Crippen LogP) is 2.27. The first kappa shape index (κ1) is 11.3. The van der Waals surface area contributed by atoms with E-state index < -0.39 is 0 Å². The number of nitrogens with zero attached hydrogens (tertiary/aromatic N) is 2. The molecule has 4 nitrogen and oxygen atoms in total. The largest absolute Gasteiger partial charge is 0.372 e. The van der Waals surface area contributed by atoms with Crippen LogP contribution in [0.2, 0.25) is 0 Å². The topological polar surface area (TPSA) is 49.8 Å². The van der Waals surface area contributed by atoms with E-state index in [0.29, 0.717) is 18.2 Å². The molecule has 0 fully saturated rings. The third kappa shape index (κ3) is 3.14. The average Bonchev–Trinajstić information content (AvgIpc) is 2.37. The fourth-order valence-corrected chi connectivity index (χ4v) is 1.41. The van der Waals surface area contributed by atoms with E-state index in [0.717, 1.165) is 5.56 Å². The lowest BCUT2D eigenvalue weighted by Gasteiger charge is -2.06. The van der Waals surface area contributed by atoms with Crippen LogP contribution in [0, 0.1) is 5.82 Å². The molecule has 1 heterocycles. The summed E-state index contributed by atoms with van der Waals surface area (Å²) in [4.78, 5) is 8.27. The summed E-state index contributed by atoms with van der Waals surface area (Å²) in [6.45, 7) is 0.513. The lowest BCUT2D eigenvalue weighted by molar-refractivity contribution is 0.626. The molecule has 17 heavy (non-hydrogen) atoms. The van der Waals surface area contributed by atoms with Crippen molar-refractivity contribution in [1.29, 1.82) is 0 Å².